The maximum absolute atomic E-state index is 13.3. The minimum atomic E-state index is -4.53. The molecule has 0 unspecified atom stereocenters. The topological polar surface area (TPSA) is 67.2 Å². The summed E-state index contributed by atoms with van der Waals surface area (Å²) >= 11 is 0. The first-order chi connectivity index (χ1) is 17.2. The van der Waals surface area contributed by atoms with Crippen LogP contribution in [0.1, 0.15) is 28.8 Å². The Morgan fingerprint density at radius 1 is 0.972 bits per heavy atom. The third-order valence-electron chi connectivity index (χ3n) is 6.38. The zero-order chi connectivity index (χ0) is 25.4. The van der Waals surface area contributed by atoms with E-state index in [0.717, 1.165) is 43.8 Å². The Labute approximate surface area is 205 Å². The average molecular weight is 493 g/mol. The van der Waals surface area contributed by atoms with Crippen molar-refractivity contribution in [2.45, 2.75) is 19.0 Å². The molecule has 1 amide bonds. The summed E-state index contributed by atoms with van der Waals surface area (Å²) in [6, 6.07) is 16.8. The second-order valence-corrected chi connectivity index (χ2v) is 8.78. The van der Waals surface area contributed by atoms with Crippen molar-refractivity contribution < 1.29 is 18.0 Å². The Morgan fingerprint density at radius 3 is 2.44 bits per heavy atom. The van der Waals surface area contributed by atoms with Crippen LogP contribution in [0.5, 0.6) is 0 Å². The van der Waals surface area contributed by atoms with Gasteiger partial charge in [0, 0.05) is 37.0 Å². The van der Waals surface area contributed by atoms with Crippen LogP contribution in [-0.2, 0) is 13.2 Å². The maximum Gasteiger partial charge on any atom is 0.416 e. The van der Waals surface area contributed by atoms with Crippen LogP contribution in [0.25, 0.3) is 22.3 Å². The second kappa shape index (κ2) is 9.14. The van der Waals surface area contributed by atoms with Gasteiger partial charge in [0.2, 0.25) is 0 Å². The predicted octanol–water partition coefficient (Wildman–Crippen LogP) is 5.47. The minimum Gasteiger partial charge on any atom is -0.372 e. The zero-order valence-corrected chi connectivity index (χ0v) is 19.5. The van der Waals surface area contributed by atoms with Crippen LogP contribution < -0.4 is 15.8 Å². The van der Waals surface area contributed by atoms with Crippen LogP contribution in [-0.4, -0.2) is 28.5 Å². The summed E-state index contributed by atoms with van der Waals surface area (Å²) in [7, 11) is 1.46. The first-order valence-electron chi connectivity index (χ1n) is 11.6. The Balaban J connectivity index is 1.55. The first kappa shape index (κ1) is 23.6. The molecule has 6 nitrogen and oxygen atoms in total. The van der Waals surface area contributed by atoms with Crippen LogP contribution in [0.3, 0.4) is 0 Å². The van der Waals surface area contributed by atoms with Crippen molar-refractivity contribution in [2.75, 3.05) is 23.3 Å². The number of carbonyl (C=O) groups excluding carboxylic acids is 1. The quantitative estimate of drug-likeness (QED) is 0.410. The lowest BCUT2D eigenvalue weighted by atomic mass is 10.1. The van der Waals surface area contributed by atoms with Crippen molar-refractivity contribution in [3.8, 4) is 11.4 Å². The SMILES string of the molecule is Cn1c(-c2cccc(C(F)(F)F)c2)nc2c(NC(=O)c3cccc(N4CCCC4)c3)cccc2c1=O. The maximum atomic E-state index is 13.3. The van der Waals surface area contributed by atoms with Crippen molar-refractivity contribution in [3.05, 3.63) is 88.2 Å². The number of benzene rings is 3. The van der Waals surface area contributed by atoms with Crippen LogP contribution in [0.2, 0.25) is 0 Å². The van der Waals surface area contributed by atoms with Gasteiger partial charge in [0.05, 0.1) is 16.6 Å². The summed E-state index contributed by atoms with van der Waals surface area (Å²) in [5.41, 5.74) is 0.807. The van der Waals surface area contributed by atoms with E-state index in [-0.39, 0.29) is 28.2 Å². The molecule has 0 spiro atoms. The van der Waals surface area contributed by atoms with Gasteiger partial charge in [0.15, 0.2) is 0 Å². The number of halogens is 3. The van der Waals surface area contributed by atoms with Crippen molar-refractivity contribution >= 4 is 28.2 Å². The Bertz CT molecular complexity index is 1520. The molecule has 0 atom stereocenters. The van der Waals surface area contributed by atoms with E-state index in [1.807, 2.05) is 18.2 Å². The van der Waals surface area contributed by atoms with Gasteiger partial charge in [0.25, 0.3) is 11.5 Å². The van der Waals surface area contributed by atoms with E-state index in [4.69, 9.17) is 0 Å². The number of alkyl halides is 3. The second-order valence-electron chi connectivity index (χ2n) is 8.78. The number of aromatic nitrogens is 2. The van der Waals surface area contributed by atoms with Crippen LogP contribution in [0.15, 0.2) is 71.5 Å². The monoisotopic (exact) mass is 492 g/mol. The highest BCUT2D eigenvalue weighted by Gasteiger charge is 2.31. The van der Waals surface area contributed by atoms with Crippen molar-refractivity contribution in [2.24, 2.45) is 7.05 Å². The highest BCUT2D eigenvalue weighted by molar-refractivity contribution is 6.08. The molecule has 0 radical (unpaired) electrons. The zero-order valence-electron chi connectivity index (χ0n) is 19.5. The third-order valence-corrected chi connectivity index (χ3v) is 6.38. The number of rotatable bonds is 4. The Morgan fingerprint density at radius 2 is 1.69 bits per heavy atom. The van der Waals surface area contributed by atoms with Crippen molar-refractivity contribution in [1.29, 1.82) is 0 Å². The van der Waals surface area contributed by atoms with Crippen LogP contribution in [0, 0.1) is 0 Å². The molecule has 1 aliphatic rings. The van der Waals surface area contributed by atoms with Gasteiger partial charge in [-0.1, -0.05) is 24.3 Å². The van der Waals surface area contributed by atoms with Crippen molar-refractivity contribution in [3.63, 3.8) is 0 Å². The number of nitrogens with zero attached hydrogens (tertiary/aromatic N) is 3. The van der Waals surface area contributed by atoms with E-state index in [9.17, 15) is 22.8 Å². The highest BCUT2D eigenvalue weighted by Crippen LogP contribution is 2.32. The summed E-state index contributed by atoms with van der Waals surface area (Å²) in [6.07, 6.45) is -2.31. The molecule has 9 heteroatoms. The number of hydrogen-bond donors (Lipinski definition) is 1. The number of hydrogen-bond acceptors (Lipinski definition) is 4. The molecule has 36 heavy (non-hydrogen) atoms. The third kappa shape index (κ3) is 4.44. The lowest BCUT2D eigenvalue weighted by Gasteiger charge is -2.18. The van der Waals surface area contributed by atoms with E-state index < -0.39 is 17.3 Å². The largest absolute Gasteiger partial charge is 0.416 e. The molecule has 3 aromatic carbocycles. The van der Waals surface area contributed by atoms with E-state index in [1.54, 1.807) is 24.3 Å². The van der Waals surface area contributed by atoms with Crippen molar-refractivity contribution in [1.82, 2.24) is 9.55 Å². The minimum absolute atomic E-state index is 0.0660. The van der Waals surface area contributed by atoms with Gasteiger partial charge in [-0.2, -0.15) is 13.2 Å². The summed E-state index contributed by atoms with van der Waals surface area (Å²) < 4.78 is 41.0. The van der Waals surface area contributed by atoms with Gasteiger partial charge in [-0.25, -0.2) is 4.98 Å². The van der Waals surface area contributed by atoms with Gasteiger partial charge in [0.1, 0.15) is 11.3 Å². The van der Waals surface area contributed by atoms with E-state index in [0.29, 0.717) is 11.3 Å². The summed E-state index contributed by atoms with van der Waals surface area (Å²) in [6.45, 7) is 1.89. The lowest BCUT2D eigenvalue weighted by Crippen LogP contribution is -2.22. The van der Waals surface area contributed by atoms with E-state index >= 15 is 0 Å². The molecular weight excluding hydrogens is 469 g/mol. The van der Waals surface area contributed by atoms with Gasteiger partial charge in [-0.05, 0) is 55.3 Å². The highest BCUT2D eigenvalue weighted by atomic mass is 19.4. The predicted molar refractivity (Wildman–Crippen MR) is 133 cm³/mol. The number of nitrogens with one attached hydrogen (secondary N) is 1. The van der Waals surface area contributed by atoms with E-state index in [2.05, 4.69) is 15.2 Å². The smallest absolute Gasteiger partial charge is 0.372 e. The summed E-state index contributed by atoms with van der Waals surface area (Å²) in [4.78, 5) is 33.0. The molecule has 4 aromatic rings. The van der Waals surface area contributed by atoms with Gasteiger partial charge in [-0.15, -0.1) is 0 Å². The molecule has 2 heterocycles. The average Bonchev–Trinajstić information content (AvgIpc) is 3.41. The number of anilines is 2. The molecule has 0 saturated carbocycles. The Hall–Kier alpha value is -4.14. The molecule has 1 aliphatic heterocycles. The standard InChI is InChI=1S/C27H23F3N4O2/c1-33-24(17-7-4-9-19(15-17)27(28,29)30)32-23-21(26(33)36)11-6-12-22(23)31-25(35)18-8-5-10-20(16-18)34-13-2-3-14-34/h4-12,15-16H,2-3,13-14H2,1H3,(H,31,35). The fourth-order valence-corrected chi connectivity index (χ4v) is 4.50. The molecule has 1 saturated heterocycles. The first-order valence-corrected chi connectivity index (χ1v) is 11.6. The van der Waals surface area contributed by atoms with Crippen LogP contribution >= 0.6 is 0 Å². The fourth-order valence-electron chi connectivity index (χ4n) is 4.50. The lowest BCUT2D eigenvalue weighted by molar-refractivity contribution is -0.137. The molecule has 1 fully saturated rings. The molecule has 1 aromatic heterocycles. The van der Waals surface area contributed by atoms with E-state index in [1.165, 1.54) is 23.7 Å². The molecule has 1 N–H and O–H groups in total. The summed E-state index contributed by atoms with van der Waals surface area (Å²) in [5, 5.41) is 3.08. The van der Waals surface area contributed by atoms with Gasteiger partial charge < -0.3 is 10.2 Å². The molecule has 5 rings (SSSR count). The van der Waals surface area contributed by atoms with Gasteiger partial charge >= 0.3 is 6.18 Å². The number of fused-ring (bicyclic) bond motifs is 1. The normalized spacial score (nSPS) is 13.8. The number of amides is 1. The molecule has 0 aliphatic carbocycles. The Kier molecular flexibility index (Phi) is 5.99. The number of para-hydroxylation sites is 1. The molecular formula is C27H23F3N4O2. The number of carbonyl (C=O) groups is 1. The van der Waals surface area contributed by atoms with Gasteiger partial charge in [-0.3, -0.25) is 14.2 Å². The van der Waals surface area contributed by atoms with Crippen LogP contribution in [0.4, 0.5) is 24.5 Å². The summed E-state index contributed by atoms with van der Waals surface area (Å²) in [5.74, 6) is -0.303. The molecule has 0 bridgehead atoms. The fraction of sp³-hybridized carbons (Fsp3) is 0.222. The molecule has 184 valence electrons.